The molecule has 5 nitrogen and oxygen atoms in total. The molecule has 3 rings (SSSR count). The number of phenols is 1. The van der Waals surface area contributed by atoms with Crippen molar-refractivity contribution in [2.45, 2.75) is 26.8 Å². The number of phenolic OH excluding ortho intramolecular Hbond substituents is 1. The molecule has 126 valence electrons. The van der Waals surface area contributed by atoms with Gasteiger partial charge in [-0.2, -0.15) is 0 Å². The molecule has 2 aromatic heterocycles. The number of rotatable bonds is 4. The Balaban J connectivity index is 2.32. The number of hydrogen-bond acceptors (Lipinski definition) is 6. The summed E-state index contributed by atoms with van der Waals surface area (Å²) >= 11 is 1.50. The maximum Gasteiger partial charge on any atom is 0.202 e. The molecule has 1 N–H and O–H groups in total. The average Bonchev–Trinajstić information content (AvgIpc) is 2.96. The molecule has 1 aromatic carbocycles. The van der Waals surface area contributed by atoms with E-state index in [1.165, 1.54) is 17.6 Å². The van der Waals surface area contributed by atoms with Crippen LogP contribution in [0, 0.1) is 6.92 Å². The summed E-state index contributed by atoms with van der Waals surface area (Å²) in [6, 6.07) is 1.73. The Bertz CT molecular complexity index is 957. The predicted octanol–water partition coefficient (Wildman–Crippen LogP) is 3.55. The predicted molar refractivity (Wildman–Crippen MR) is 96.8 cm³/mol. The van der Waals surface area contributed by atoms with E-state index in [2.05, 4.69) is 4.98 Å². The van der Waals surface area contributed by atoms with E-state index in [1.54, 1.807) is 6.07 Å². The van der Waals surface area contributed by atoms with Crippen LogP contribution in [0.25, 0.3) is 22.2 Å². The smallest absolute Gasteiger partial charge is 0.202 e. The Morgan fingerprint density at radius 2 is 2.12 bits per heavy atom. The van der Waals surface area contributed by atoms with Crippen LogP contribution >= 0.6 is 11.3 Å². The fourth-order valence-corrected chi connectivity index (χ4v) is 3.40. The fourth-order valence-electron chi connectivity index (χ4n) is 2.79. The van der Waals surface area contributed by atoms with Crippen LogP contribution in [0.15, 0.2) is 26.9 Å². The summed E-state index contributed by atoms with van der Waals surface area (Å²) in [5.41, 5.74) is 2.81. The number of aromatic hydroxyl groups is 1. The molecular weight excluding hydrogens is 324 g/mol. The second-order valence-corrected chi connectivity index (χ2v) is 7.12. The van der Waals surface area contributed by atoms with E-state index in [0.29, 0.717) is 40.8 Å². The van der Waals surface area contributed by atoms with Crippen LogP contribution in [-0.2, 0) is 13.0 Å². The van der Waals surface area contributed by atoms with Gasteiger partial charge in [0.2, 0.25) is 5.43 Å². The van der Waals surface area contributed by atoms with Crippen molar-refractivity contribution < 1.29 is 9.52 Å². The number of hydrogen-bond donors (Lipinski definition) is 1. The highest BCUT2D eigenvalue weighted by atomic mass is 32.1. The Kier molecular flexibility index (Phi) is 4.43. The number of aromatic nitrogens is 1. The monoisotopic (exact) mass is 344 g/mol. The largest absolute Gasteiger partial charge is 0.507 e. The van der Waals surface area contributed by atoms with Gasteiger partial charge in [-0.15, -0.1) is 11.3 Å². The van der Waals surface area contributed by atoms with Gasteiger partial charge >= 0.3 is 0 Å². The third-order valence-corrected chi connectivity index (χ3v) is 4.73. The van der Waals surface area contributed by atoms with E-state index in [-0.39, 0.29) is 11.2 Å². The van der Waals surface area contributed by atoms with Gasteiger partial charge in [-0.1, -0.05) is 6.92 Å². The third-order valence-electron chi connectivity index (χ3n) is 3.96. The molecule has 3 aromatic rings. The summed E-state index contributed by atoms with van der Waals surface area (Å²) < 4.78 is 5.78. The molecule has 2 heterocycles. The highest BCUT2D eigenvalue weighted by molar-refractivity contribution is 7.09. The molecule has 0 aliphatic carbocycles. The van der Waals surface area contributed by atoms with Gasteiger partial charge in [-0.25, -0.2) is 4.98 Å². The molecule has 0 spiro atoms. The van der Waals surface area contributed by atoms with E-state index in [0.717, 1.165) is 10.6 Å². The Labute approximate surface area is 144 Å². The molecule has 24 heavy (non-hydrogen) atoms. The second kappa shape index (κ2) is 6.37. The molecule has 0 saturated heterocycles. The van der Waals surface area contributed by atoms with Gasteiger partial charge in [0.1, 0.15) is 17.6 Å². The molecule has 0 fully saturated rings. The van der Waals surface area contributed by atoms with E-state index in [9.17, 15) is 9.90 Å². The molecule has 0 aliphatic rings. The van der Waals surface area contributed by atoms with E-state index < -0.39 is 0 Å². The van der Waals surface area contributed by atoms with Crippen LogP contribution < -0.4 is 5.43 Å². The number of aryl methyl sites for hydroxylation is 2. The topological polar surface area (TPSA) is 66.6 Å². The lowest BCUT2D eigenvalue weighted by molar-refractivity contribution is 0.382. The summed E-state index contributed by atoms with van der Waals surface area (Å²) in [7, 11) is 3.82. The van der Waals surface area contributed by atoms with Gasteiger partial charge in [-0.3, -0.25) is 4.79 Å². The molecule has 0 bridgehead atoms. The lowest BCUT2D eigenvalue weighted by Gasteiger charge is -2.15. The molecule has 0 unspecified atom stereocenters. The molecule has 0 amide bonds. The van der Waals surface area contributed by atoms with Gasteiger partial charge in [0.15, 0.2) is 0 Å². The van der Waals surface area contributed by atoms with Crippen LogP contribution in [0.3, 0.4) is 0 Å². The quantitative estimate of drug-likeness (QED) is 0.784. The zero-order valence-corrected chi connectivity index (χ0v) is 15.0. The molecular formula is C18H20N2O3S. The normalized spacial score (nSPS) is 11.5. The SMILES string of the molecule is CCc1cc2c(=O)c(-c3csc(C)n3)coc2c(CN(C)C)c1O. The lowest BCUT2D eigenvalue weighted by atomic mass is 10.0. The van der Waals surface area contributed by atoms with Gasteiger partial charge < -0.3 is 14.4 Å². The van der Waals surface area contributed by atoms with Crippen LogP contribution in [0.4, 0.5) is 0 Å². The van der Waals surface area contributed by atoms with E-state index >= 15 is 0 Å². The number of benzene rings is 1. The van der Waals surface area contributed by atoms with Crippen molar-refractivity contribution in [2.75, 3.05) is 14.1 Å². The number of nitrogens with zero attached hydrogens (tertiary/aromatic N) is 2. The number of thiazole rings is 1. The lowest BCUT2D eigenvalue weighted by Crippen LogP contribution is -2.13. The summed E-state index contributed by atoms with van der Waals surface area (Å²) in [5, 5.41) is 13.8. The van der Waals surface area contributed by atoms with Crippen LogP contribution in [0.1, 0.15) is 23.1 Å². The zero-order chi connectivity index (χ0) is 17.4. The standard InChI is InChI=1S/C18H20N2O3S/c1-5-11-6-12-17(22)14(15-9-24-10(2)19-15)8-23-18(12)13(16(11)21)7-20(3)4/h6,8-9,21H,5,7H2,1-4H3. The second-order valence-electron chi connectivity index (χ2n) is 6.06. The zero-order valence-electron chi connectivity index (χ0n) is 14.2. The van der Waals surface area contributed by atoms with Gasteiger partial charge in [0.05, 0.1) is 27.2 Å². The first kappa shape index (κ1) is 16.7. The molecule has 0 aliphatic heterocycles. The Morgan fingerprint density at radius 1 is 1.38 bits per heavy atom. The van der Waals surface area contributed by atoms with Gasteiger partial charge in [-0.05, 0) is 39.1 Å². The van der Waals surface area contributed by atoms with Crippen LogP contribution in [0.2, 0.25) is 0 Å². The van der Waals surface area contributed by atoms with E-state index in [4.69, 9.17) is 4.42 Å². The highest BCUT2D eigenvalue weighted by Crippen LogP contribution is 2.32. The summed E-state index contributed by atoms with van der Waals surface area (Å²) in [6.07, 6.45) is 2.09. The average molecular weight is 344 g/mol. The molecule has 0 radical (unpaired) electrons. The van der Waals surface area contributed by atoms with Crippen molar-refractivity contribution in [3.05, 3.63) is 44.1 Å². The van der Waals surface area contributed by atoms with Crippen molar-refractivity contribution in [3.63, 3.8) is 0 Å². The highest BCUT2D eigenvalue weighted by Gasteiger charge is 2.19. The first-order valence-electron chi connectivity index (χ1n) is 7.78. The van der Waals surface area contributed by atoms with Crippen molar-refractivity contribution >= 4 is 22.3 Å². The third kappa shape index (κ3) is 2.83. The van der Waals surface area contributed by atoms with Gasteiger partial charge in [0.25, 0.3) is 0 Å². The minimum atomic E-state index is -0.115. The Hall–Kier alpha value is -2.18. The van der Waals surface area contributed by atoms with E-state index in [1.807, 2.05) is 38.2 Å². The summed E-state index contributed by atoms with van der Waals surface area (Å²) in [4.78, 5) is 19.3. The Morgan fingerprint density at radius 3 is 2.71 bits per heavy atom. The first-order valence-corrected chi connectivity index (χ1v) is 8.66. The van der Waals surface area contributed by atoms with Crippen molar-refractivity contribution in [1.29, 1.82) is 0 Å². The maximum atomic E-state index is 13.0. The van der Waals surface area contributed by atoms with Crippen molar-refractivity contribution in [2.24, 2.45) is 0 Å². The summed E-state index contributed by atoms with van der Waals surface area (Å²) in [6.45, 7) is 4.35. The van der Waals surface area contributed by atoms with Crippen molar-refractivity contribution in [1.82, 2.24) is 9.88 Å². The fraction of sp³-hybridized carbons (Fsp3) is 0.333. The molecule has 6 heteroatoms. The maximum absolute atomic E-state index is 13.0. The minimum Gasteiger partial charge on any atom is -0.507 e. The summed E-state index contributed by atoms with van der Waals surface area (Å²) in [5.74, 6) is 0.208. The van der Waals surface area contributed by atoms with Crippen molar-refractivity contribution in [3.8, 4) is 17.0 Å². The number of fused-ring (bicyclic) bond motifs is 1. The van der Waals surface area contributed by atoms with Crippen LogP contribution in [-0.4, -0.2) is 29.1 Å². The van der Waals surface area contributed by atoms with Crippen LogP contribution in [0.5, 0.6) is 5.75 Å². The van der Waals surface area contributed by atoms with Gasteiger partial charge in [0, 0.05) is 11.9 Å². The molecule has 0 atom stereocenters. The minimum absolute atomic E-state index is 0.115. The molecule has 0 saturated carbocycles. The first-order chi connectivity index (χ1) is 11.4.